The average molecular weight is 544 g/mol. The van der Waals surface area contributed by atoms with Gasteiger partial charge in [0, 0.05) is 22.5 Å². The molecule has 196 valence electrons. The molecule has 3 aromatic carbocycles. The molecule has 7 rings (SSSR count). The molecule has 2 aliphatic heterocycles. The summed E-state index contributed by atoms with van der Waals surface area (Å²) in [4.78, 5) is 17.2. The lowest BCUT2D eigenvalue weighted by Crippen LogP contribution is -2.46. The van der Waals surface area contributed by atoms with Crippen molar-refractivity contribution < 1.29 is 0 Å². The monoisotopic (exact) mass is 543 g/mol. The molecule has 0 aliphatic carbocycles. The van der Waals surface area contributed by atoms with Crippen LogP contribution < -0.4 is 10.2 Å². The summed E-state index contributed by atoms with van der Waals surface area (Å²) in [7, 11) is 0. The summed E-state index contributed by atoms with van der Waals surface area (Å²) in [6.07, 6.45) is 1.77. The van der Waals surface area contributed by atoms with Gasteiger partial charge in [-0.05, 0) is 86.0 Å². The van der Waals surface area contributed by atoms with E-state index in [9.17, 15) is 0 Å². The second-order valence-corrected chi connectivity index (χ2v) is 10.5. The Balaban J connectivity index is 1.49. The smallest absolute Gasteiger partial charge is 0.179 e. The normalized spacial score (nSPS) is 15.5. The number of hydrogen-bond donors (Lipinski definition) is 1. The van der Waals surface area contributed by atoms with Crippen molar-refractivity contribution in [3.8, 4) is 5.82 Å². The molecular weight excluding hydrogens is 518 g/mol. The van der Waals surface area contributed by atoms with Gasteiger partial charge in [0.1, 0.15) is 0 Å². The van der Waals surface area contributed by atoms with Crippen LogP contribution in [0.2, 0.25) is 5.02 Å². The molecule has 2 aliphatic rings. The second kappa shape index (κ2) is 9.47. The molecule has 0 radical (unpaired) electrons. The fourth-order valence-corrected chi connectivity index (χ4v) is 5.48. The van der Waals surface area contributed by atoms with Gasteiger partial charge in [-0.25, -0.2) is 15.0 Å². The summed E-state index contributed by atoms with van der Waals surface area (Å²) in [6.45, 7) is 6.25. The number of benzene rings is 3. The van der Waals surface area contributed by atoms with Crippen molar-refractivity contribution in [2.24, 2.45) is 9.98 Å². The minimum Gasteiger partial charge on any atom is -0.337 e. The maximum atomic E-state index is 6.33. The standard InChI is InChI=1S/C32H26ClN7/c1-19-11-16-24(18-20(19)2)35-30-32-37-31-28(21(3)38-40(31)27-10-6-7-17-34-27)29(22-12-14-23(33)15-13-22)39(32)26-9-5-4-8-25(26)36-30/h4-18,29H,1-3H3,(H,35,36)/t29-/m0/s1. The lowest BCUT2D eigenvalue weighted by atomic mass is 9.93. The van der Waals surface area contributed by atoms with Crippen molar-refractivity contribution in [2.75, 3.05) is 10.2 Å². The van der Waals surface area contributed by atoms with Crippen molar-refractivity contribution in [2.45, 2.75) is 26.8 Å². The molecule has 0 spiro atoms. The van der Waals surface area contributed by atoms with E-state index >= 15 is 0 Å². The number of anilines is 2. The molecule has 4 heterocycles. The zero-order valence-corrected chi connectivity index (χ0v) is 23.1. The van der Waals surface area contributed by atoms with Crippen molar-refractivity contribution >= 4 is 46.2 Å². The molecule has 0 bridgehead atoms. The van der Waals surface area contributed by atoms with Crippen LogP contribution in [-0.4, -0.2) is 26.4 Å². The Labute approximate surface area is 237 Å². The first-order valence-corrected chi connectivity index (χ1v) is 13.5. The fraction of sp³-hybridized carbons (Fsp3) is 0.125. The van der Waals surface area contributed by atoms with Gasteiger partial charge < -0.3 is 10.2 Å². The van der Waals surface area contributed by atoms with Gasteiger partial charge in [0.25, 0.3) is 0 Å². The number of pyridine rings is 1. The molecule has 0 unspecified atom stereocenters. The van der Waals surface area contributed by atoms with Gasteiger partial charge in [-0.15, -0.1) is 0 Å². The van der Waals surface area contributed by atoms with Gasteiger partial charge in [-0.2, -0.15) is 9.78 Å². The van der Waals surface area contributed by atoms with Crippen LogP contribution in [0.3, 0.4) is 0 Å². The summed E-state index contributed by atoms with van der Waals surface area (Å²) < 4.78 is 1.83. The first kappa shape index (κ1) is 24.3. The number of rotatable bonds is 3. The molecule has 5 aromatic rings. The van der Waals surface area contributed by atoms with E-state index in [0.717, 1.165) is 39.7 Å². The number of fused-ring (bicyclic) bond motifs is 4. The average Bonchev–Trinajstić information content (AvgIpc) is 3.31. The van der Waals surface area contributed by atoms with Gasteiger partial charge >= 0.3 is 0 Å². The number of nitrogens with zero attached hydrogens (tertiary/aromatic N) is 6. The zero-order valence-electron chi connectivity index (χ0n) is 22.3. The van der Waals surface area contributed by atoms with Crippen LogP contribution >= 0.6 is 11.6 Å². The predicted molar refractivity (Wildman–Crippen MR) is 162 cm³/mol. The molecule has 1 atom stereocenters. The van der Waals surface area contributed by atoms with Gasteiger partial charge in [-0.1, -0.05) is 48.0 Å². The summed E-state index contributed by atoms with van der Waals surface area (Å²) >= 11 is 6.33. The number of aromatic nitrogens is 3. The first-order valence-electron chi connectivity index (χ1n) is 13.1. The van der Waals surface area contributed by atoms with Crippen molar-refractivity contribution in [3.63, 3.8) is 0 Å². The molecule has 7 nitrogen and oxygen atoms in total. The number of aliphatic imine (C=N–C) groups is 2. The van der Waals surface area contributed by atoms with E-state index in [2.05, 4.69) is 65.4 Å². The van der Waals surface area contributed by atoms with E-state index in [1.54, 1.807) is 6.20 Å². The summed E-state index contributed by atoms with van der Waals surface area (Å²) in [5.74, 6) is 2.81. The van der Waals surface area contributed by atoms with E-state index in [1.807, 2.05) is 60.1 Å². The van der Waals surface area contributed by atoms with Crippen LogP contribution in [0.1, 0.15) is 34.0 Å². The van der Waals surface area contributed by atoms with E-state index in [1.165, 1.54) is 11.1 Å². The SMILES string of the molecule is Cc1ccc(NC2=Nc3ccccc3N3C2=Nc2c(c(C)nn2-c2ccccn2)[C@@H]3c2ccc(Cl)cc2)cc1C. The third kappa shape index (κ3) is 3.98. The highest BCUT2D eigenvalue weighted by atomic mass is 35.5. The Bertz CT molecular complexity index is 1820. The largest absolute Gasteiger partial charge is 0.337 e. The molecule has 8 heteroatoms. The Kier molecular flexibility index (Phi) is 5.75. The number of hydrogen-bond acceptors (Lipinski definition) is 6. The number of nitrogens with one attached hydrogen (secondary N) is 1. The van der Waals surface area contributed by atoms with Crippen LogP contribution in [0.25, 0.3) is 5.82 Å². The maximum Gasteiger partial charge on any atom is 0.179 e. The first-order chi connectivity index (χ1) is 19.5. The highest BCUT2D eigenvalue weighted by molar-refractivity contribution is 6.51. The van der Waals surface area contributed by atoms with E-state index < -0.39 is 0 Å². The lowest BCUT2D eigenvalue weighted by Gasteiger charge is -2.40. The topological polar surface area (TPSA) is 70.7 Å². The van der Waals surface area contributed by atoms with Crippen LogP contribution in [-0.2, 0) is 0 Å². The Hall–Kier alpha value is -4.75. The molecule has 0 amide bonds. The van der Waals surface area contributed by atoms with Crippen molar-refractivity contribution in [1.82, 2.24) is 14.8 Å². The molecule has 40 heavy (non-hydrogen) atoms. The minimum atomic E-state index is -0.217. The summed E-state index contributed by atoms with van der Waals surface area (Å²) in [5, 5.41) is 9.20. The summed E-state index contributed by atoms with van der Waals surface area (Å²) in [5.41, 5.74) is 8.20. The van der Waals surface area contributed by atoms with Crippen LogP contribution in [0, 0.1) is 20.8 Å². The van der Waals surface area contributed by atoms with Crippen molar-refractivity contribution in [1.29, 1.82) is 0 Å². The molecule has 1 N–H and O–H groups in total. The van der Waals surface area contributed by atoms with Gasteiger partial charge in [-0.3, -0.25) is 0 Å². The third-order valence-electron chi connectivity index (χ3n) is 7.46. The third-order valence-corrected chi connectivity index (χ3v) is 7.71. The number of aryl methyl sites for hydroxylation is 3. The van der Waals surface area contributed by atoms with E-state index in [4.69, 9.17) is 26.7 Å². The minimum absolute atomic E-state index is 0.217. The predicted octanol–water partition coefficient (Wildman–Crippen LogP) is 7.64. The van der Waals surface area contributed by atoms with Gasteiger partial charge in [0.15, 0.2) is 23.3 Å². The highest BCUT2D eigenvalue weighted by Crippen LogP contribution is 2.48. The molecular formula is C32H26ClN7. The lowest BCUT2D eigenvalue weighted by molar-refractivity contribution is 0.810. The summed E-state index contributed by atoms with van der Waals surface area (Å²) in [6, 6.07) is 28.1. The Morgan fingerprint density at radius 3 is 2.40 bits per heavy atom. The van der Waals surface area contributed by atoms with E-state index in [0.29, 0.717) is 22.5 Å². The maximum absolute atomic E-state index is 6.33. The Morgan fingerprint density at radius 2 is 1.62 bits per heavy atom. The van der Waals surface area contributed by atoms with Gasteiger partial charge in [0.05, 0.1) is 23.1 Å². The fourth-order valence-electron chi connectivity index (χ4n) is 5.35. The van der Waals surface area contributed by atoms with Crippen LogP contribution in [0.15, 0.2) is 101 Å². The Morgan fingerprint density at radius 1 is 0.825 bits per heavy atom. The van der Waals surface area contributed by atoms with Crippen LogP contribution in [0.5, 0.6) is 0 Å². The van der Waals surface area contributed by atoms with Gasteiger partial charge in [0.2, 0.25) is 0 Å². The quantitative estimate of drug-likeness (QED) is 0.254. The van der Waals surface area contributed by atoms with E-state index in [-0.39, 0.29) is 6.04 Å². The highest BCUT2D eigenvalue weighted by Gasteiger charge is 2.41. The van der Waals surface area contributed by atoms with Crippen LogP contribution in [0.4, 0.5) is 22.9 Å². The van der Waals surface area contributed by atoms with Crippen molar-refractivity contribution in [3.05, 3.63) is 124 Å². The number of halogens is 1. The second-order valence-electron chi connectivity index (χ2n) is 10.1. The number of para-hydroxylation sites is 2. The number of amidine groups is 2. The molecule has 0 saturated heterocycles. The molecule has 0 saturated carbocycles. The molecule has 2 aromatic heterocycles. The zero-order chi connectivity index (χ0) is 27.4. The molecule has 0 fully saturated rings.